The molecule has 18 heavy (non-hydrogen) atoms. The molecule has 0 heterocycles. The molecule has 3 heteroatoms. The summed E-state index contributed by atoms with van der Waals surface area (Å²) in [7, 11) is 3.37. The maximum absolute atomic E-state index is 12.3. The van der Waals surface area contributed by atoms with E-state index < -0.39 is 5.60 Å². The van der Waals surface area contributed by atoms with Gasteiger partial charge in [0.1, 0.15) is 5.60 Å². The van der Waals surface area contributed by atoms with E-state index in [1.807, 2.05) is 14.0 Å². The van der Waals surface area contributed by atoms with Crippen molar-refractivity contribution in [2.24, 2.45) is 0 Å². The predicted octanol–water partition coefficient (Wildman–Crippen LogP) is 2.94. The van der Waals surface area contributed by atoms with E-state index in [0.717, 1.165) is 5.56 Å². The van der Waals surface area contributed by atoms with Crippen molar-refractivity contribution in [1.82, 2.24) is 4.90 Å². The number of rotatable bonds is 4. The van der Waals surface area contributed by atoms with Crippen LogP contribution in [0.4, 0.5) is 0 Å². The minimum Gasteiger partial charge on any atom is -0.369 e. The first-order valence-electron chi connectivity index (χ1n) is 6.18. The summed E-state index contributed by atoms with van der Waals surface area (Å²) in [5.74, 6) is -0.0157. The fraction of sp³-hybridized carbons (Fsp3) is 0.533. The van der Waals surface area contributed by atoms with Crippen LogP contribution in [0.25, 0.3) is 0 Å². The van der Waals surface area contributed by atoms with E-state index in [0.29, 0.717) is 0 Å². The Bertz CT molecular complexity index is 409. The molecule has 0 spiro atoms. The number of hydrogen-bond acceptors (Lipinski definition) is 2. The van der Waals surface area contributed by atoms with E-state index in [2.05, 4.69) is 31.2 Å². The number of hydrogen-bond donors (Lipinski definition) is 0. The van der Waals surface area contributed by atoms with Gasteiger partial charge in [0, 0.05) is 14.2 Å². The molecule has 3 nitrogen and oxygen atoms in total. The number of amides is 1. The van der Waals surface area contributed by atoms with Crippen molar-refractivity contribution < 1.29 is 9.53 Å². The van der Waals surface area contributed by atoms with Crippen molar-refractivity contribution in [2.75, 3.05) is 14.2 Å². The summed E-state index contributed by atoms with van der Waals surface area (Å²) in [5, 5.41) is 0. The number of aryl methyl sites for hydroxylation is 1. The Kier molecular flexibility index (Phi) is 4.52. The van der Waals surface area contributed by atoms with Crippen LogP contribution in [0, 0.1) is 6.92 Å². The molecule has 0 aliphatic carbocycles. The van der Waals surface area contributed by atoms with E-state index in [1.165, 1.54) is 5.56 Å². The van der Waals surface area contributed by atoms with Crippen molar-refractivity contribution >= 4 is 5.91 Å². The molecule has 0 bridgehead atoms. The van der Waals surface area contributed by atoms with E-state index in [4.69, 9.17) is 4.74 Å². The van der Waals surface area contributed by atoms with Crippen LogP contribution in [0.1, 0.15) is 37.9 Å². The molecule has 0 fully saturated rings. The van der Waals surface area contributed by atoms with Gasteiger partial charge in [-0.25, -0.2) is 0 Å². The van der Waals surface area contributed by atoms with Gasteiger partial charge in [0.2, 0.25) is 0 Å². The lowest BCUT2D eigenvalue weighted by atomic mass is 10.0. The summed E-state index contributed by atoms with van der Waals surface area (Å²) in [6.45, 7) is 7.65. The van der Waals surface area contributed by atoms with Gasteiger partial charge in [-0.3, -0.25) is 4.79 Å². The highest BCUT2D eigenvalue weighted by Crippen LogP contribution is 2.23. The normalized spacial score (nSPS) is 13.2. The van der Waals surface area contributed by atoms with E-state index in [1.54, 1.807) is 25.9 Å². The third-order valence-corrected chi connectivity index (χ3v) is 3.49. The molecule has 1 aromatic carbocycles. The van der Waals surface area contributed by atoms with E-state index >= 15 is 0 Å². The van der Waals surface area contributed by atoms with Crippen LogP contribution in [-0.2, 0) is 9.53 Å². The van der Waals surface area contributed by atoms with Crippen LogP contribution in [0.3, 0.4) is 0 Å². The largest absolute Gasteiger partial charge is 0.369 e. The number of likely N-dealkylation sites (N-methyl/N-ethyl adjacent to an activating group) is 1. The standard InChI is InChI=1S/C15H23NO2/c1-11-7-9-13(10-8-11)12(2)16(5)14(17)15(3,4)18-6/h7-10,12H,1-6H3. The number of ether oxygens (including phenoxy) is 1. The van der Waals surface area contributed by atoms with Gasteiger partial charge in [0.25, 0.3) is 5.91 Å². The molecule has 1 aromatic rings. The summed E-state index contributed by atoms with van der Waals surface area (Å²) in [6, 6.07) is 8.28. The van der Waals surface area contributed by atoms with Crippen LogP contribution in [0.15, 0.2) is 24.3 Å². The summed E-state index contributed by atoms with van der Waals surface area (Å²) in [5.41, 5.74) is 1.56. The van der Waals surface area contributed by atoms with Crippen molar-refractivity contribution in [3.63, 3.8) is 0 Å². The molecule has 0 aliphatic rings. The van der Waals surface area contributed by atoms with Gasteiger partial charge in [-0.15, -0.1) is 0 Å². The molecule has 0 N–H and O–H groups in total. The lowest BCUT2D eigenvalue weighted by Gasteiger charge is -2.32. The fourth-order valence-electron chi connectivity index (χ4n) is 1.76. The van der Waals surface area contributed by atoms with Crippen LogP contribution in [0.2, 0.25) is 0 Å². The average Bonchev–Trinajstić information content (AvgIpc) is 2.37. The second-order valence-corrected chi connectivity index (χ2v) is 5.22. The number of carbonyl (C=O) groups excluding carboxylic acids is 1. The molecule has 1 rings (SSSR count). The maximum atomic E-state index is 12.3. The van der Waals surface area contributed by atoms with E-state index in [9.17, 15) is 4.79 Å². The monoisotopic (exact) mass is 249 g/mol. The fourth-order valence-corrected chi connectivity index (χ4v) is 1.76. The molecule has 0 radical (unpaired) electrons. The molecule has 1 amide bonds. The Labute approximate surface area is 110 Å². The number of nitrogens with zero attached hydrogens (tertiary/aromatic N) is 1. The van der Waals surface area contributed by atoms with Crippen LogP contribution >= 0.6 is 0 Å². The first-order valence-corrected chi connectivity index (χ1v) is 6.18. The minimum atomic E-state index is -0.784. The molecular formula is C15H23NO2. The topological polar surface area (TPSA) is 29.5 Å². The van der Waals surface area contributed by atoms with Crippen LogP contribution in [-0.4, -0.2) is 30.6 Å². The number of methoxy groups -OCH3 is 1. The first-order chi connectivity index (χ1) is 8.29. The molecule has 0 saturated carbocycles. The van der Waals surface area contributed by atoms with Crippen LogP contribution < -0.4 is 0 Å². The zero-order valence-electron chi connectivity index (χ0n) is 12.2. The number of carbonyl (C=O) groups is 1. The molecule has 0 aliphatic heterocycles. The van der Waals surface area contributed by atoms with Gasteiger partial charge in [0.15, 0.2) is 0 Å². The average molecular weight is 249 g/mol. The molecule has 100 valence electrons. The van der Waals surface area contributed by atoms with Gasteiger partial charge in [-0.1, -0.05) is 29.8 Å². The lowest BCUT2D eigenvalue weighted by molar-refractivity contribution is -0.151. The third-order valence-electron chi connectivity index (χ3n) is 3.49. The lowest BCUT2D eigenvalue weighted by Crippen LogP contribution is -2.45. The second kappa shape index (κ2) is 5.53. The number of benzene rings is 1. The summed E-state index contributed by atoms with van der Waals surface area (Å²) in [4.78, 5) is 14.0. The summed E-state index contributed by atoms with van der Waals surface area (Å²) >= 11 is 0. The Morgan fingerprint density at radius 1 is 1.28 bits per heavy atom. The maximum Gasteiger partial charge on any atom is 0.254 e. The van der Waals surface area contributed by atoms with Gasteiger partial charge in [-0.05, 0) is 33.3 Å². The molecule has 1 unspecified atom stereocenters. The van der Waals surface area contributed by atoms with Gasteiger partial charge >= 0.3 is 0 Å². The Morgan fingerprint density at radius 2 is 1.78 bits per heavy atom. The Balaban J connectivity index is 2.87. The van der Waals surface area contributed by atoms with Gasteiger partial charge < -0.3 is 9.64 Å². The predicted molar refractivity (Wildman–Crippen MR) is 73.5 cm³/mol. The summed E-state index contributed by atoms with van der Waals surface area (Å²) < 4.78 is 5.23. The molecule has 1 atom stereocenters. The van der Waals surface area contributed by atoms with Crippen LogP contribution in [0.5, 0.6) is 0 Å². The van der Waals surface area contributed by atoms with E-state index in [-0.39, 0.29) is 11.9 Å². The SMILES string of the molecule is COC(C)(C)C(=O)N(C)C(C)c1ccc(C)cc1. The van der Waals surface area contributed by atoms with Crippen molar-refractivity contribution in [1.29, 1.82) is 0 Å². The summed E-state index contributed by atoms with van der Waals surface area (Å²) in [6.07, 6.45) is 0. The smallest absolute Gasteiger partial charge is 0.254 e. The second-order valence-electron chi connectivity index (χ2n) is 5.22. The van der Waals surface area contributed by atoms with Crippen molar-refractivity contribution in [3.8, 4) is 0 Å². The Hall–Kier alpha value is -1.35. The molecule has 0 saturated heterocycles. The Morgan fingerprint density at radius 3 is 2.22 bits per heavy atom. The quantitative estimate of drug-likeness (QED) is 0.821. The molecule has 0 aromatic heterocycles. The third kappa shape index (κ3) is 3.10. The zero-order valence-corrected chi connectivity index (χ0v) is 12.2. The minimum absolute atomic E-state index is 0.0157. The highest BCUT2D eigenvalue weighted by atomic mass is 16.5. The molecular weight excluding hydrogens is 226 g/mol. The van der Waals surface area contributed by atoms with Gasteiger partial charge in [-0.2, -0.15) is 0 Å². The van der Waals surface area contributed by atoms with Crippen molar-refractivity contribution in [3.05, 3.63) is 35.4 Å². The van der Waals surface area contributed by atoms with Gasteiger partial charge in [0.05, 0.1) is 6.04 Å². The first kappa shape index (κ1) is 14.7. The highest BCUT2D eigenvalue weighted by molar-refractivity contribution is 5.84. The van der Waals surface area contributed by atoms with Crippen molar-refractivity contribution in [2.45, 2.75) is 39.3 Å². The highest BCUT2D eigenvalue weighted by Gasteiger charge is 2.32. The zero-order chi connectivity index (χ0) is 13.9.